The molecule has 1 amide bonds. The zero-order chi connectivity index (χ0) is 22.0. The van der Waals surface area contributed by atoms with E-state index in [1.807, 2.05) is 31.1 Å². The second-order valence-corrected chi connectivity index (χ2v) is 8.33. The number of hydrogen-bond acceptors (Lipinski definition) is 8. The number of fused-ring (bicyclic) bond motifs is 2. The van der Waals surface area contributed by atoms with Crippen LogP contribution in [0.25, 0.3) is 10.2 Å². The summed E-state index contributed by atoms with van der Waals surface area (Å²) in [5.74, 6) is 2.33. The molecule has 3 aromatic rings. The Kier molecular flexibility index (Phi) is 7.65. The van der Waals surface area contributed by atoms with Crippen molar-refractivity contribution in [1.82, 2.24) is 9.88 Å². The topological polar surface area (TPSA) is 73.4 Å². The summed E-state index contributed by atoms with van der Waals surface area (Å²) in [7, 11) is 7.06. The van der Waals surface area contributed by atoms with Crippen molar-refractivity contribution in [3.63, 3.8) is 0 Å². The molecule has 0 spiro atoms. The summed E-state index contributed by atoms with van der Waals surface area (Å²) in [5, 5.41) is 0.617. The van der Waals surface area contributed by atoms with E-state index >= 15 is 0 Å². The molecule has 1 aromatic heterocycles. The van der Waals surface area contributed by atoms with Crippen LogP contribution in [0.3, 0.4) is 0 Å². The van der Waals surface area contributed by atoms with Gasteiger partial charge in [0.2, 0.25) is 0 Å². The molecule has 0 saturated heterocycles. The molecular formula is C22H26ClN3O5S. The van der Waals surface area contributed by atoms with Gasteiger partial charge in [-0.1, -0.05) is 11.3 Å². The molecule has 0 unspecified atom stereocenters. The number of benzene rings is 2. The number of rotatable bonds is 7. The SMILES string of the molecule is COc1cc(OC)cc(C(=O)N(CCN(C)C)c2nc3cc4c(cc3s2)OCCO4)c1.Cl. The molecule has 1 aliphatic rings. The van der Waals surface area contributed by atoms with Gasteiger partial charge in [-0.25, -0.2) is 4.98 Å². The number of carbonyl (C=O) groups is 1. The van der Waals surface area contributed by atoms with Gasteiger partial charge in [-0.15, -0.1) is 12.4 Å². The summed E-state index contributed by atoms with van der Waals surface area (Å²) in [5.41, 5.74) is 1.25. The van der Waals surface area contributed by atoms with Gasteiger partial charge in [0.05, 0.1) is 24.4 Å². The summed E-state index contributed by atoms with van der Waals surface area (Å²) < 4.78 is 23.0. The highest BCUT2D eigenvalue weighted by Crippen LogP contribution is 2.39. The molecule has 10 heteroatoms. The summed E-state index contributed by atoms with van der Waals surface area (Å²) >= 11 is 1.45. The highest BCUT2D eigenvalue weighted by Gasteiger charge is 2.24. The van der Waals surface area contributed by atoms with Gasteiger partial charge in [0.25, 0.3) is 5.91 Å². The molecule has 2 heterocycles. The molecule has 0 atom stereocenters. The van der Waals surface area contributed by atoms with Crippen LogP contribution in [0.1, 0.15) is 10.4 Å². The van der Waals surface area contributed by atoms with Gasteiger partial charge in [0, 0.05) is 36.9 Å². The van der Waals surface area contributed by atoms with Crippen LogP contribution in [0.15, 0.2) is 30.3 Å². The Balaban J connectivity index is 0.00000289. The molecule has 8 nitrogen and oxygen atoms in total. The molecule has 0 bridgehead atoms. The highest BCUT2D eigenvalue weighted by molar-refractivity contribution is 7.22. The number of carbonyl (C=O) groups excluding carboxylic acids is 1. The molecule has 0 fully saturated rings. The van der Waals surface area contributed by atoms with Crippen LogP contribution < -0.4 is 23.8 Å². The van der Waals surface area contributed by atoms with Gasteiger partial charge < -0.3 is 23.8 Å². The van der Waals surface area contributed by atoms with Gasteiger partial charge in [-0.05, 0) is 26.2 Å². The van der Waals surface area contributed by atoms with E-state index in [1.165, 1.54) is 11.3 Å². The Hall–Kier alpha value is -2.75. The first-order valence-corrected chi connectivity index (χ1v) is 10.7. The van der Waals surface area contributed by atoms with E-state index in [4.69, 9.17) is 23.9 Å². The van der Waals surface area contributed by atoms with Crippen LogP contribution in [-0.2, 0) is 0 Å². The van der Waals surface area contributed by atoms with Gasteiger partial charge in [0.1, 0.15) is 24.7 Å². The summed E-state index contributed by atoms with van der Waals surface area (Å²) in [4.78, 5) is 22.0. The Morgan fingerprint density at radius 1 is 1.00 bits per heavy atom. The summed E-state index contributed by atoms with van der Waals surface area (Å²) in [6, 6.07) is 8.95. The molecule has 172 valence electrons. The Labute approximate surface area is 197 Å². The fourth-order valence-corrected chi connectivity index (χ4v) is 4.24. The maximum atomic E-state index is 13.5. The fourth-order valence-electron chi connectivity index (χ4n) is 3.24. The third kappa shape index (κ3) is 5.01. The van der Waals surface area contributed by atoms with Crippen LogP contribution in [-0.4, -0.2) is 70.4 Å². The number of halogens is 1. The standard InChI is InChI=1S/C22H25N3O5S.ClH/c1-24(2)5-6-25(21(26)14-9-15(27-3)11-16(10-14)28-4)22-23-17-12-18-19(13-20(17)31-22)30-8-7-29-18;/h9-13H,5-8H2,1-4H3;1H. The first-order chi connectivity index (χ1) is 15.0. The van der Waals surface area contributed by atoms with Crippen molar-refractivity contribution >= 4 is 45.0 Å². The lowest BCUT2D eigenvalue weighted by molar-refractivity contribution is 0.0984. The van der Waals surface area contributed by atoms with E-state index < -0.39 is 0 Å². The zero-order valence-corrected chi connectivity index (χ0v) is 20.0. The van der Waals surface area contributed by atoms with Crippen LogP contribution in [0.2, 0.25) is 0 Å². The van der Waals surface area contributed by atoms with Gasteiger partial charge in [-0.3, -0.25) is 9.69 Å². The van der Waals surface area contributed by atoms with Crippen molar-refractivity contribution in [2.24, 2.45) is 0 Å². The number of nitrogens with zero attached hydrogens (tertiary/aromatic N) is 3. The van der Waals surface area contributed by atoms with Crippen LogP contribution in [0, 0.1) is 0 Å². The molecule has 32 heavy (non-hydrogen) atoms. The maximum absolute atomic E-state index is 13.5. The van der Waals surface area contributed by atoms with E-state index in [2.05, 4.69) is 0 Å². The minimum absolute atomic E-state index is 0. The second kappa shape index (κ2) is 10.2. The molecular weight excluding hydrogens is 454 g/mol. The molecule has 0 saturated carbocycles. The Morgan fingerprint density at radius 3 is 2.22 bits per heavy atom. The third-order valence-corrected chi connectivity index (χ3v) is 5.93. The molecule has 4 rings (SSSR count). The first kappa shape index (κ1) is 23.9. The number of hydrogen-bond donors (Lipinski definition) is 0. The number of likely N-dealkylation sites (N-methyl/N-ethyl adjacent to an activating group) is 1. The average Bonchev–Trinajstić information content (AvgIpc) is 3.19. The van der Waals surface area contributed by atoms with Crippen LogP contribution in [0.5, 0.6) is 23.0 Å². The minimum atomic E-state index is -0.171. The smallest absolute Gasteiger partial charge is 0.260 e. The molecule has 2 aromatic carbocycles. The van der Waals surface area contributed by atoms with Crippen molar-refractivity contribution in [3.05, 3.63) is 35.9 Å². The zero-order valence-electron chi connectivity index (χ0n) is 18.4. The van der Waals surface area contributed by atoms with Crippen molar-refractivity contribution in [1.29, 1.82) is 0 Å². The quantitative estimate of drug-likeness (QED) is 0.511. The van der Waals surface area contributed by atoms with E-state index in [0.717, 1.165) is 10.2 Å². The number of thiazole rings is 1. The van der Waals surface area contributed by atoms with E-state index in [1.54, 1.807) is 37.3 Å². The van der Waals surface area contributed by atoms with E-state index in [0.29, 0.717) is 60.0 Å². The predicted molar refractivity (Wildman–Crippen MR) is 128 cm³/mol. The van der Waals surface area contributed by atoms with Gasteiger partial charge in [0.15, 0.2) is 16.6 Å². The maximum Gasteiger partial charge on any atom is 0.260 e. The van der Waals surface area contributed by atoms with Crippen LogP contribution >= 0.6 is 23.7 Å². The summed E-state index contributed by atoms with van der Waals surface area (Å²) in [6.45, 7) is 2.21. The number of aromatic nitrogens is 1. The van der Waals surface area contributed by atoms with E-state index in [-0.39, 0.29) is 18.3 Å². The molecule has 0 radical (unpaired) electrons. The average molecular weight is 480 g/mol. The highest BCUT2D eigenvalue weighted by atomic mass is 35.5. The molecule has 0 N–H and O–H groups in total. The minimum Gasteiger partial charge on any atom is -0.497 e. The van der Waals surface area contributed by atoms with Crippen molar-refractivity contribution in [2.75, 3.05) is 59.5 Å². The second-order valence-electron chi connectivity index (χ2n) is 7.32. The number of ether oxygens (including phenoxy) is 4. The lowest BCUT2D eigenvalue weighted by atomic mass is 10.1. The van der Waals surface area contributed by atoms with Crippen molar-refractivity contribution < 1.29 is 23.7 Å². The lowest BCUT2D eigenvalue weighted by Crippen LogP contribution is -2.36. The molecule has 1 aliphatic heterocycles. The van der Waals surface area contributed by atoms with Gasteiger partial charge in [-0.2, -0.15) is 0 Å². The lowest BCUT2D eigenvalue weighted by Gasteiger charge is -2.22. The summed E-state index contributed by atoms with van der Waals surface area (Å²) in [6.07, 6.45) is 0. The predicted octanol–water partition coefficient (Wildman–Crippen LogP) is 3.71. The van der Waals surface area contributed by atoms with Crippen molar-refractivity contribution in [2.45, 2.75) is 0 Å². The Bertz CT molecular complexity index is 1040. The number of methoxy groups -OCH3 is 2. The largest absolute Gasteiger partial charge is 0.497 e. The number of amides is 1. The van der Waals surface area contributed by atoms with Crippen LogP contribution in [0.4, 0.5) is 5.13 Å². The van der Waals surface area contributed by atoms with E-state index in [9.17, 15) is 4.79 Å². The Morgan fingerprint density at radius 2 is 1.62 bits per heavy atom. The first-order valence-electron chi connectivity index (χ1n) is 9.88. The third-order valence-electron chi connectivity index (χ3n) is 4.89. The molecule has 0 aliphatic carbocycles. The van der Waals surface area contributed by atoms with Crippen molar-refractivity contribution in [3.8, 4) is 23.0 Å². The monoisotopic (exact) mass is 479 g/mol. The fraction of sp³-hybridized carbons (Fsp3) is 0.364. The normalized spacial score (nSPS) is 12.4. The van der Waals surface area contributed by atoms with Gasteiger partial charge >= 0.3 is 0 Å². The number of anilines is 1.